The maximum Gasteiger partial charge on any atom is 0.192 e. The van der Waals surface area contributed by atoms with E-state index in [0.717, 1.165) is 25.5 Å². The van der Waals surface area contributed by atoms with Gasteiger partial charge in [-0.15, -0.1) is 0 Å². The van der Waals surface area contributed by atoms with E-state index in [1.54, 1.807) is 0 Å². The highest BCUT2D eigenvalue weighted by molar-refractivity contribution is 6.74. The lowest BCUT2D eigenvalue weighted by Gasteiger charge is -2.38. The molecule has 0 heterocycles. The van der Waals surface area contributed by atoms with E-state index >= 15 is 0 Å². The van der Waals surface area contributed by atoms with Crippen LogP contribution in [0.5, 0.6) is 0 Å². The largest absolute Gasteiger partial charge is 0.413 e. The molecule has 0 unspecified atom stereocenters. The fraction of sp³-hybridized carbons (Fsp3) is 0.706. The molecule has 0 N–H and O–H groups in total. The zero-order valence-electron chi connectivity index (χ0n) is 14.1. The Bertz CT molecular complexity index is 324. The molecule has 2 nitrogen and oxygen atoms in total. The Kier molecular flexibility index (Phi) is 8.98. The summed E-state index contributed by atoms with van der Waals surface area (Å²) in [6.45, 7) is 13.3. The minimum atomic E-state index is -1.79. The van der Waals surface area contributed by atoms with Gasteiger partial charge in [-0.3, -0.25) is 0 Å². The normalized spacial score (nSPS) is 15.1. The quantitative estimate of drug-likeness (QED) is 0.329. The van der Waals surface area contributed by atoms with Gasteiger partial charge in [0.05, 0.1) is 6.10 Å². The Balaban J connectivity index is 4.44. The second-order valence-electron chi connectivity index (χ2n) is 6.73. The molecule has 1 atom stereocenters. The highest BCUT2D eigenvalue weighted by Gasteiger charge is 2.38. The van der Waals surface area contributed by atoms with Crippen LogP contribution < -0.4 is 0 Å². The molecule has 3 heteroatoms. The van der Waals surface area contributed by atoms with Crippen LogP contribution >= 0.6 is 0 Å². The lowest BCUT2D eigenvalue weighted by atomic mass is 10.2. The summed E-state index contributed by atoms with van der Waals surface area (Å²) in [6.07, 6.45) is 13.0. The summed E-state index contributed by atoms with van der Waals surface area (Å²) in [5.74, 6) is 0. The molecule has 0 saturated heterocycles. The number of hydrogen-bond donors (Lipinski definition) is 0. The standard InChI is InChI=1S/C17H32O2Si/c1-7-8-9-10-11-12-13-16(14-15-18)19-20(5,6)17(2,3)4/h8-9,11-12,15-16H,7,10,13-14H2,1-6H3/b9-8-,12-11-/t16-/m0/s1. The Morgan fingerprint density at radius 3 is 2.15 bits per heavy atom. The van der Waals surface area contributed by atoms with Gasteiger partial charge < -0.3 is 9.22 Å². The molecular weight excluding hydrogens is 264 g/mol. The van der Waals surface area contributed by atoms with Crippen LogP contribution in [-0.2, 0) is 9.22 Å². The van der Waals surface area contributed by atoms with Gasteiger partial charge in [0.2, 0.25) is 0 Å². The van der Waals surface area contributed by atoms with Gasteiger partial charge in [0.15, 0.2) is 8.32 Å². The predicted molar refractivity (Wildman–Crippen MR) is 90.6 cm³/mol. The number of carbonyl (C=O) groups excluding carboxylic acids is 1. The van der Waals surface area contributed by atoms with Crippen LogP contribution in [0.3, 0.4) is 0 Å². The Morgan fingerprint density at radius 2 is 1.65 bits per heavy atom. The molecular formula is C17H32O2Si. The molecule has 0 spiro atoms. The van der Waals surface area contributed by atoms with Gasteiger partial charge in [0.1, 0.15) is 6.29 Å². The molecule has 0 fully saturated rings. The highest BCUT2D eigenvalue weighted by atomic mass is 28.4. The molecule has 0 rings (SSSR count). The highest BCUT2D eigenvalue weighted by Crippen LogP contribution is 2.37. The van der Waals surface area contributed by atoms with Gasteiger partial charge in [-0.2, -0.15) is 0 Å². The van der Waals surface area contributed by atoms with Crippen LogP contribution in [0.4, 0.5) is 0 Å². The van der Waals surface area contributed by atoms with Gasteiger partial charge in [-0.1, -0.05) is 52.0 Å². The van der Waals surface area contributed by atoms with Gasteiger partial charge in [0.25, 0.3) is 0 Å². The SMILES string of the molecule is CC/C=C\C/C=C\C[C@@H](CC=O)O[Si](C)(C)C(C)(C)C. The lowest BCUT2D eigenvalue weighted by molar-refractivity contribution is -0.109. The van der Waals surface area contributed by atoms with E-state index in [2.05, 4.69) is 65.1 Å². The van der Waals surface area contributed by atoms with E-state index in [1.165, 1.54) is 0 Å². The molecule has 0 radical (unpaired) electrons. The molecule has 0 bridgehead atoms. The topological polar surface area (TPSA) is 26.3 Å². The van der Waals surface area contributed by atoms with E-state index in [4.69, 9.17) is 4.43 Å². The van der Waals surface area contributed by atoms with E-state index in [9.17, 15) is 4.79 Å². The van der Waals surface area contributed by atoms with E-state index in [1.807, 2.05) is 0 Å². The van der Waals surface area contributed by atoms with Crippen molar-refractivity contribution in [3.8, 4) is 0 Å². The molecule has 0 amide bonds. The summed E-state index contributed by atoms with van der Waals surface area (Å²) in [7, 11) is -1.79. The van der Waals surface area contributed by atoms with Crippen molar-refractivity contribution in [2.24, 2.45) is 0 Å². The van der Waals surface area contributed by atoms with Crippen LogP contribution in [0.1, 0.15) is 53.4 Å². The van der Waals surface area contributed by atoms with Crippen LogP contribution in [0.25, 0.3) is 0 Å². The van der Waals surface area contributed by atoms with Crippen molar-refractivity contribution in [1.82, 2.24) is 0 Å². The number of allylic oxidation sites excluding steroid dienone is 3. The van der Waals surface area contributed by atoms with E-state index in [0.29, 0.717) is 6.42 Å². The summed E-state index contributed by atoms with van der Waals surface area (Å²) in [5, 5.41) is 0.182. The third-order valence-electron chi connectivity index (χ3n) is 3.87. The second-order valence-corrected chi connectivity index (χ2v) is 11.5. The molecule has 0 aromatic rings. The number of carbonyl (C=O) groups is 1. The van der Waals surface area contributed by atoms with Gasteiger partial charge in [-0.25, -0.2) is 0 Å². The smallest absolute Gasteiger partial charge is 0.192 e. The first-order valence-electron chi connectivity index (χ1n) is 7.66. The number of aldehydes is 1. The molecule has 0 aromatic carbocycles. The number of rotatable bonds is 9. The van der Waals surface area contributed by atoms with E-state index in [-0.39, 0.29) is 11.1 Å². The van der Waals surface area contributed by atoms with Crippen molar-refractivity contribution in [3.63, 3.8) is 0 Å². The summed E-state index contributed by atoms with van der Waals surface area (Å²) in [4.78, 5) is 10.8. The van der Waals surface area contributed by atoms with Gasteiger partial charge in [-0.05, 0) is 37.4 Å². The fourth-order valence-electron chi connectivity index (χ4n) is 1.58. The summed E-state index contributed by atoms with van der Waals surface area (Å²) < 4.78 is 6.31. The van der Waals surface area contributed by atoms with Crippen LogP contribution in [0.15, 0.2) is 24.3 Å². The Labute approximate surface area is 126 Å². The monoisotopic (exact) mass is 296 g/mol. The van der Waals surface area contributed by atoms with Crippen molar-refractivity contribution in [3.05, 3.63) is 24.3 Å². The first-order valence-corrected chi connectivity index (χ1v) is 10.6. The van der Waals surface area contributed by atoms with Crippen LogP contribution in [0.2, 0.25) is 18.1 Å². The molecule has 116 valence electrons. The fourth-order valence-corrected chi connectivity index (χ4v) is 2.96. The lowest BCUT2D eigenvalue weighted by Crippen LogP contribution is -2.44. The van der Waals surface area contributed by atoms with Crippen molar-refractivity contribution in [2.45, 2.75) is 77.6 Å². The maximum absolute atomic E-state index is 10.8. The van der Waals surface area contributed by atoms with Crippen molar-refractivity contribution < 1.29 is 9.22 Å². The molecule has 0 saturated carbocycles. The summed E-state index contributed by atoms with van der Waals surface area (Å²) in [6, 6.07) is 0. The first-order chi connectivity index (χ1) is 9.24. The predicted octanol–water partition coefficient (Wildman–Crippen LogP) is 5.27. The van der Waals surface area contributed by atoms with Gasteiger partial charge >= 0.3 is 0 Å². The third-order valence-corrected chi connectivity index (χ3v) is 8.40. The maximum atomic E-state index is 10.8. The summed E-state index contributed by atoms with van der Waals surface area (Å²) in [5.41, 5.74) is 0. The van der Waals surface area contributed by atoms with Crippen LogP contribution in [-0.4, -0.2) is 20.7 Å². The Morgan fingerprint density at radius 1 is 1.05 bits per heavy atom. The van der Waals surface area contributed by atoms with Crippen molar-refractivity contribution >= 4 is 14.6 Å². The zero-order chi connectivity index (χ0) is 15.6. The van der Waals surface area contributed by atoms with E-state index < -0.39 is 8.32 Å². The molecule has 0 aliphatic carbocycles. The van der Waals surface area contributed by atoms with Crippen molar-refractivity contribution in [2.75, 3.05) is 0 Å². The molecule has 0 aliphatic heterocycles. The minimum Gasteiger partial charge on any atom is -0.413 e. The molecule has 20 heavy (non-hydrogen) atoms. The average molecular weight is 297 g/mol. The average Bonchev–Trinajstić information content (AvgIpc) is 2.32. The van der Waals surface area contributed by atoms with Gasteiger partial charge in [0, 0.05) is 6.42 Å². The Hall–Kier alpha value is -0.673. The minimum absolute atomic E-state index is 0.0276. The third kappa shape index (κ3) is 7.80. The first kappa shape index (κ1) is 19.3. The van der Waals surface area contributed by atoms with Crippen LogP contribution in [0, 0.1) is 0 Å². The summed E-state index contributed by atoms with van der Waals surface area (Å²) >= 11 is 0. The molecule has 0 aromatic heterocycles. The zero-order valence-corrected chi connectivity index (χ0v) is 15.1. The molecule has 0 aliphatic rings. The van der Waals surface area contributed by atoms with Crippen molar-refractivity contribution in [1.29, 1.82) is 0 Å². The number of hydrogen-bond acceptors (Lipinski definition) is 2. The second kappa shape index (κ2) is 9.30.